The van der Waals surface area contributed by atoms with Gasteiger partial charge in [0.05, 0.1) is 12.2 Å². The molecule has 2 aliphatic rings. The Morgan fingerprint density at radius 2 is 2.12 bits per heavy atom. The van der Waals surface area contributed by atoms with E-state index in [1.165, 1.54) is 0 Å². The lowest BCUT2D eigenvalue weighted by atomic mass is 9.64. The second kappa shape index (κ2) is 6.70. The van der Waals surface area contributed by atoms with E-state index in [-0.39, 0.29) is 30.3 Å². The van der Waals surface area contributed by atoms with Crippen molar-refractivity contribution in [3.05, 3.63) is 30.1 Å². The highest BCUT2D eigenvalue weighted by atomic mass is 16.2. The van der Waals surface area contributed by atoms with Crippen LogP contribution in [0.4, 0.5) is 4.79 Å². The zero-order chi connectivity index (χ0) is 18.9. The Morgan fingerprint density at radius 3 is 2.77 bits per heavy atom. The van der Waals surface area contributed by atoms with Crippen LogP contribution < -0.4 is 10.6 Å². The monoisotopic (exact) mass is 358 g/mol. The molecule has 3 rings (SSSR count). The second-order valence-corrected chi connectivity index (χ2v) is 8.36. The number of pyridine rings is 1. The molecular formula is C19H26N4O3. The molecule has 1 aliphatic carbocycles. The van der Waals surface area contributed by atoms with Crippen LogP contribution in [0.3, 0.4) is 0 Å². The van der Waals surface area contributed by atoms with Gasteiger partial charge in [-0.1, -0.05) is 26.8 Å². The number of rotatable bonds is 4. The van der Waals surface area contributed by atoms with Crippen molar-refractivity contribution in [3.63, 3.8) is 0 Å². The van der Waals surface area contributed by atoms with Crippen molar-refractivity contribution in [2.75, 3.05) is 6.54 Å². The van der Waals surface area contributed by atoms with Gasteiger partial charge in [-0.15, -0.1) is 0 Å². The Bertz CT molecular complexity index is 719. The number of urea groups is 1. The van der Waals surface area contributed by atoms with Crippen LogP contribution in [0.25, 0.3) is 0 Å². The topological polar surface area (TPSA) is 91.4 Å². The summed E-state index contributed by atoms with van der Waals surface area (Å²) in [6.45, 7) is 6.33. The zero-order valence-corrected chi connectivity index (χ0v) is 15.5. The standard InChI is InChI=1S/C19H26N4O3/c1-13-8-18(2,3)12-19(9-13)16(25)23(17(26)22-19)11-15(24)21-10-14-6-4-5-7-20-14/h4-7,13H,8-12H2,1-3H3,(H,21,24)(H,22,26). The van der Waals surface area contributed by atoms with E-state index in [0.717, 1.165) is 17.0 Å². The van der Waals surface area contributed by atoms with Crippen LogP contribution in [0.2, 0.25) is 0 Å². The normalized spacial score (nSPS) is 27.5. The third-order valence-electron chi connectivity index (χ3n) is 5.12. The molecule has 0 radical (unpaired) electrons. The molecule has 1 aromatic rings. The number of carbonyl (C=O) groups excluding carboxylic acids is 3. The molecule has 7 heteroatoms. The Kier molecular flexibility index (Phi) is 4.73. The van der Waals surface area contributed by atoms with Gasteiger partial charge >= 0.3 is 6.03 Å². The molecule has 2 fully saturated rings. The lowest BCUT2D eigenvalue weighted by molar-refractivity contribution is -0.137. The minimum absolute atomic E-state index is 0.0299. The van der Waals surface area contributed by atoms with E-state index in [0.29, 0.717) is 18.8 Å². The van der Waals surface area contributed by atoms with Crippen molar-refractivity contribution in [1.82, 2.24) is 20.5 Å². The van der Waals surface area contributed by atoms with Crippen molar-refractivity contribution >= 4 is 17.8 Å². The second-order valence-electron chi connectivity index (χ2n) is 8.36. The van der Waals surface area contributed by atoms with Crippen molar-refractivity contribution in [3.8, 4) is 0 Å². The summed E-state index contributed by atoms with van der Waals surface area (Å²) in [5, 5.41) is 5.59. The average Bonchev–Trinajstić information content (AvgIpc) is 2.75. The lowest BCUT2D eigenvalue weighted by Crippen LogP contribution is -2.54. The maximum Gasteiger partial charge on any atom is 0.325 e. The molecule has 1 aliphatic heterocycles. The highest BCUT2D eigenvalue weighted by molar-refractivity contribution is 6.09. The van der Waals surface area contributed by atoms with Gasteiger partial charge in [0.2, 0.25) is 5.91 Å². The van der Waals surface area contributed by atoms with E-state index < -0.39 is 11.6 Å². The van der Waals surface area contributed by atoms with Gasteiger partial charge in [-0.05, 0) is 42.7 Å². The Balaban J connectivity index is 1.65. The predicted octanol–water partition coefficient (Wildman–Crippen LogP) is 1.83. The molecule has 1 saturated carbocycles. The summed E-state index contributed by atoms with van der Waals surface area (Å²) >= 11 is 0. The van der Waals surface area contributed by atoms with Gasteiger partial charge in [-0.25, -0.2) is 4.79 Å². The number of hydrogen-bond donors (Lipinski definition) is 2. The number of nitrogens with zero attached hydrogens (tertiary/aromatic N) is 2. The summed E-state index contributed by atoms with van der Waals surface area (Å²) in [6.07, 6.45) is 3.88. The molecule has 1 spiro atoms. The van der Waals surface area contributed by atoms with Crippen molar-refractivity contribution in [2.45, 2.75) is 52.1 Å². The summed E-state index contributed by atoms with van der Waals surface area (Å²) in [6, 6.07) is 4.95. The van der Waals surface area contributed by atoms with Crippen molar-refractivity contribution < 1.29 is 14.4 Å². The third-order valence-corrected chi connectivity index (χ3v) is 5.12. The first-order chi connectivity index (χ1) is 12.2. The SMILES string of the molecule is CC1CC(C)(C)CC2(C1)NC(=O)N(CC(=O)NCc1ccccn1)C2=O. The van der Waals surface area contributed by atoms with Gasteiger partial charge in [0.1, 0.15) is 12.1 Å². The van der Waals surface area contributed by atoms with Crippen LogP contribution >= 0.6 is 0 Å². The molecule has 140 valence electrons. The van der Waals surface area contributed by atoms with Gasteiger partial charge in [0, 0.05) is 6.20 Å². The van der Waals surface area contributed by atoms with Crippen LogP contribution in [0.1, 0.15) is 45.7 Å². The zero-order valence-electron chi connectivity index (χ0n) is 15.5. The molecule has 0 bridgehead atoms. The maximum absolute atomic E-state index is 13.0. The molecule has 0 aromatic carbocycles. The molecule has 2 atom stereocenters. The van der Waals surface area contributed by atoms with Gasteiger partial charge in [0.25, 0.3) is 5.91 Å². The van der Waals surface area contributed by atoms with Crippen LogP contribution in [-0.2, 0) is 16.1 Å². The van der Waals surface area contributed by atoms with Gasteiger partial charge < -0.3 is 10.6 Å². The third kappa shape index (κ3) is 3.71. The number of nitrogens with one attached hydrogen (secondary N) is 2. The first kappa shape index (κ1) is 18.4. The molecule has 26 heavy (non-hydrogen) atoms. The van der Waals surface area contributed by atoms with E-state index in [4.69, 9.17) is 0 Å². The van der Waals surface area contributed by atoms with Gasteiger partial charge in [-0.2, -0.15) is 0 Å². The minimum Gasteiger partial charge on any atom is -0.349 e. The van der Waals surface area contributed by atoms with Crippen molar-refractivity contribution in [2.24, 2.45) is 11.3 Å². The van der Waals surface area contributed by atoms with Crippen LogP contribution in [0.5, 0.6) is 0 Å². The predicted molar refractivity (Wildman–Crippen MR) is 95.9 cm³/mol. The fraction of sp³-hybridized carbons (Fsp3) is 0.579. The van der Waals surface area contributed by atoms with Crippen molar-refractivity contribution in [1.29, 1.82) is 0 Å². The molecule has 7 nitrogen and oxygen atoms in total. The first-order valence-electron chi connectivity index (χ1n) is 9.02. The smallest absolute Gasteiger partial charge is 0.325 e. The molecule has 1 aromatic heterocycles. The number of carbonyl (C=O) groups is 3. The van der Waals surface area contributed by atoms with E-state index in [9.17, 15) is 14.4 Å². The molecule has 2 heterocycles. The fourth-order valence-electron chi connectivity index (χ4n) is 4.54. The Labute approximate surface area is 153 Å². The molecule has 2 unspecified atom stereocenters. The van der Waals surface area contributed by atoms with Crippen LogP contribution in [0.15, 0.2) is 24.4 Å². The minimum atomic E-state index is -0.875. The van der Waals surface area contributed by atoms with E-state index in [1.807, 2.05) is 6.07 Å². The van der Waals surface area contributed by atoms with E-state index in [2.05, 4.69) is 36.4 Å². The quantitative estimate of drug-likeness (QED) is 0.804. The van der Waals surface area contributed by atoms with Crippen LogP contribution in [-0.4, -0.2) is 39.8 Å². The summed E-state index contributed by atoms with van der Waals surface area (Å²) in [4.78, 5) is 42.8. The summed E-state index contributed by atoms with van der Waals surface area (Å²) < 4.78 is 0. The Hall–Kier alpha value is -2.44. The van der Waals surface area contributed by atoms with Gasteiger partial charge in [-0.3, -0.25) is 19.5 Å². The Morgan fingerprint density at radius 1 is 1.35 bits per heavy atom. The first-order valence-corrected chi connectivity index (χ1v) is 9.02. The molecule has 4 amide bonds. The van der Waals surface area contributed by atoms with E-state index in [1.54, 1.807) is 18.3 Å². The number of imide groups is 1. The molecule has 1 saturated heterocycles. The van der Waals surface area contributed by atoms with Gasteiger partial charge in [0.15, 0.2) is 0 Å². The highest BCUT2D eigenvalue weighted by Gasteiger charge is 2.56. The molecular weight excluding hydrogens is 332 g/mol. The highest BCUT2D eigenvalue weighted by Crippen LogP contribution is 2.46. The number of aromatic nitrogens is 1. The number of amides is 4. The summed E-state index contributed by atoms with van der Waals surface area (Å²) in [5.74, 6) is -0.324. The molecule has 2 N–H and O–H groups in total. The lowest BCUT2D eigenvalue weighted by Gasteiger charge is -2.43. The summed E-state index contributed by atoms with van der Waals surface area (Å²) in [5.41, 5.74) is -0.186. The average molecular weight is 358 g/mol. The largest absolute Gasteiger partial charge is 0.349 e. The van der Waals surface area contributed by atoms with Crippen LogP contribution in [0, 0.1) is 11.3 Å². The maximum atomic E-state index is 13.0. The van der Waals surface area contributed by atoms with E-state index >= 15 is 0 Å². The number of hydrogen-bond acceptors (Lipinski definition) is 4. The fourth-order valence-corrected chi connectivity index (χ4v) is 4.54. The summed E-state index contributed by atoms with van der Waals surface area (Å²) in [7, 11) is 0.